The van der Waals surface area contributed by atoms with Crippen LogP contribution in [0.2, 0.25) is 0 Å². The van der Waals surface area contributed by atoms with E-state index in [4.69, 9.17) is 17.0 Å². The Morgan fingerprint density at radius 2 is 1.82 bits per heavy atom. The van der Waals surface area contributed by atoms with Crippen LogP contribution in [0.5, 0.6) is 5.75 Å². The Hall–Kier alpha value is -3.02. The van der Waals surface area contributed by atoms with Gasteiger partial charge in [-0.15, -0.1) is 0 Å². The van der Waals surface area contributed by atoms with Crippen LogP contribution in [0.3, 0.4) is 0 Å². The number of rotatable bonds is 9. The van der Waals surface area contributed by atoms with Gasteiger partial charge in [0.1, 0.15) is 5.75 Å². The summed E-state index contributed by atoms with van der Waals surface area (Å²) >= 11 is 5.33. The molecule has 0 fully saturated rings. The van der Waals surface area contributed by atoms with Crippen LogP contribution in [0.1, 0.15) is 24.9 Å². The Morgan fingerprint density at radius 3 is 2.39 bits per heavy atom. The molecule has 1 unspecified atom stereocenters. The summed E-state index contributed by atoms with van der Waals surface area (Å²) in [5, 5.41) is 10.0. The Bertz CT molecular complexity index is 1260. The third-order valence-corrected chi connectivity index (χ3v) is 7.35. The SMILES string of the molecule is COc1ccc(-c2n[nH]c(=S)n2CCC(=O)NC(C)c2ccc(S(=O)(=O)N(C)C)cc2)cc1. The van der Waals surface area contributed by atoms with E-state index < -0.39 is 10.0 Å². The lowest BCUT2D eigenvalue weighted by Gasteiger charge is -2.16. The van der Waals surface area contributed by atoms with Gasteiger partial charge in [0.2, 0.25) is 15.9 Å². The number of sulfonamides is 1. The predicted molar refractivity (Wildman–Crippen MR) is 128 cm³/mol. The van der Waals surface area contributed by atoms with Crippen LogP contribution in [0.25, 0.3) is 11.4 Å². The van der Waals surface area contributed by atoms with Crippen molar-refractivity contribution in [3.63, 3.8) is 0 Å². The molecule has 1 amide bonds. The van der Waals surface area contributed by atoms with Crippen molar-refractivity contribution < 1.29 is 17.9 Å². The molecule has 0 aliphatic heterocycles. The largest absolute Gasteiger partial charge is 0.497 e. The number of H-pyrrole nitrogens is 1. The van der Waals surface area contributed by atoms with E-state index in [9.17, 15) is 13.2 Å². The highest BCUT2D eigenvalue weighted by Gasteiger charge is 2.18. The molecule has 2 aromatic carbocycles. The minimum atomic E-state index is -3.49. The van der Waals surface area contributed by atoms with Gasteiger partial charge in [0.05, 0.1) is 18.0 Å². The lowest BCUT2D eigenvalue weighted by molar-refractivity contribution is -0.121. The van der Waals surface area contributed by atoms with Gasteiger partial charge >= 0.3 is 0 Å². The molecule has 176 valence electrons. The second kappa shape index (κ2) is 10.3. The number of hydrogen-bond acceptors (Lipinski definition) is 6. The average Bonchev–Trinajstić information content (AvgIpc) is 3.17. The molecule has 1 atom stereocenters. The second-order valence-electron chi connectivity index (χ2n) is 7.63. The second-order valence-corrected chi connectivity index (χ2v) is 10.2. The molecule has 1 heterocycles. The summed E-state index contributed by atoms with van der Waals surface area (Å²) in [6.07, 6.45) is 0.203. The molecule has 9 nitrogen and oxygen atoms in total. The quantitative estimate of drug-likeness (QED) is 0.447. The monoisotopic (exact) mass is 489 g/mol. The van der Waals surface area contributed by atoms with Gasteiger partial charge in [-0.1, -0.05) is 12.1 Å². The molecule has 3 aromatic rings. The first-order valence-corrected chi connectivity index (χ1v) is 12.1. The van der Waals surface area contributed by atoms with Crippen molar-refractivity contribution >= 4 is 28.1 Å². The number of benzene rings is 2. The van der Waals surface area contributed by atoms with Gasteiger partial charge in [-0.3, -0.25) is 14.5 Å². The highest BCUT2D eigenvalue weighted by molar-refractivity contribution is 7.89. The first kappa shape index (κ1) is 24.6. The van der Waals surface area contributed by atoms with Crippen molar-refractivity contribution in [1.82, 2.24) is 24.4 Å². The molecule has 0 bridgehead atoms. The number of carbonyl (C=O) groups is 1. The number of hydrogen-bond donors (Lipinski definition) is 2. The lowest BCUT2D eigenvalue weighted by Crippen LogP contribution is -2.27. The molecule has 1 aromatic heterocycles. The minimum Gasteiger partial charge on any atom is -0.497 e. The molecular weight excluding hydrogens is 462 g/mol. The maximum Gasteiger partial charge on any atom is 0.242 e. The predicted octanol–water partition coefficient (Wildman–Crippen LogP) is 3.13. The molecule has 0 aliphatic rings. The van der Waals surface area contributed by atoms with Gasteiger partial charge in [0.15, 0.2) is 10.6 Å². The zero-order valence-corrected chi connectivity index (χ0v) is 20.5. The summed E-state index contributed by atoms with van der Waals surface area (Å²) < 4.78 is 33.0. The van der Waals surface area contributed by atoms with Crippen LogP contribution < -0.4 is 10.1 Å². The first-order valence-electron chi connectivity index (χ1n) is 10.2. The summed E-state index contributed by atoms with van der Waals surface area (Å²) in [7, 11) is 1.08. The summed E-state index contributed by atoms with van der Waals surface area (Å²) in [5.41, 5.74) is 1.66. The molecule has 33 heavy (non-hydrogen) atoms. The van der Waals surface area contributed by atoms with E-state index in [1.807, 2.05) is 31.2 Å². The van der Waals surface area contributed by atoms with Crippen LogP contribution in [-0.2, 0) is 21.4 Å². The van der Waals surface area contributed by atoms with Gasteiger partial charge in [0, 0.05) is 32.6 Å². The fourth-order valence-electron chi connectivity index (χ4n) is 3.24. The normalized spacial score (nSPS) is 12.5. The Labute approximate surface area is 198 Å². The highest BCUT2D eigenvalue weighted by Crippen LogP contribution is 2.22. The first-order chi connectivity index (χ1) is 15.6. The van der Waals surface area contributed by atoms with Crippen LogP contribution >= 0.6 is 12.2 Å². The number of methoxy groups -OCH3 is 1. The molecular formula is C22H27N5O4S2. The number of nitrogens with one attached hydrogen (secondary N) is 2. The number of ether oxygens (including phenoxy) is 1. The lowest BCUT2D eigenvalue weighted by atomic mass is 10.1. The van der Waals surface area contributed by atoms with Crippen molar-refractivity contribution in [2.45, 2.75) is 30.8 Å². The van der Waals surface area contributed by atoms with Crippen molar-refractivity contribution in [1.29, 1.82) is 0 Å². The summed E-state index contributed by atoms with van der Waals surface area (Å²) in [6, 6.07) is 13.6. The van der Waals surface area contributed by atoms with E-state index in [0.29, 0.717) is 17.1 Å². The smallest absolute Gasteiger partial charge is 0.242 e. The van der Waals surface area contributed by atoms with Gasteiger partial charge in [0.25, 0.3) is 0 Å². The molecule has 0 saturated carbocycles. The van der Waals surface area contributed by atoms with Crippen LogP contribution in [0, 0.1) is 4.77 Å². The van der Waals surface area contributed by atoms with E-state index in [2.05, 4.69) is 15.5 Å². The van der Waals surface area contributed by atoms with Crippen LogP contribution in [0.15, 0.2) is 53.4 Å². The summed E-state index contributed by atoms with van der Waals surface area (Å²) in [4.78, 5) is 12.8. The van der Waals surface area contributed by atoms with E-state index in [0.717, 1.165) is 21.2 Å². The maximum atomic E-state index is 12.6. The molecule has 2 N–H and O–H groups in total. The zero-order valence-electron chi connectivity index (χ0n) is 18.9. The molecule has 0 aliphatic carbocycles. The van der Waals surface area contributed by atoms with Gasteiger partial charge in [-0.05, 0) is 61.1 Å². The highest BCUT2D eigenvalue weighted by atomic mass is 32.2. The van der Waals surface area contributed by atoms with Crippen LogP contribution in [-0.4, -0.2) is 54.6 Å². The van der Waals surface area contributed by atoms with E-state index in [1.165, 1.54) is 14.1 Å². The zero-order chi connectivity index (χ0) is 24.2. The van der Waals surface area contributed by atoms with Gasteiger partial charge < -0.3 is 10.1 Å². The molecule has 0 spiro atoms. The van der Waals surface area contributed by atoms with E-state index >= 15 is 0 Å². The molecule has 11 heteroatoms. The fourth-order valence-corrected chi connectivity index (χ4v) is 4.36. The average molecular weight is 490 g/mol. The Kier molecular flexibility index (Phi) is 7.67. The Morgan fingerprint density at radius 1 is 1.18 bits per heavy atom. The van der Waals surface area contributed by atoms with Gasteiger partial charge in [-0.2, -0.15) is 5.10 Å². The summed E-state index contributed by atoms with van der Waals surface area (Å²) in [5.74, 6) is 1.22. The molecule has 0 saturated heterocycles. The van der Waals surface area contributed by atoms with E-state index in [-0.39, 0.29) is 23.3 Å². The van der Waals surface area contributed by atoms with Gasteiger partial charge in [-0.25, -0.2) is 12.7 Å². The van der Waals surface area contributed by atoms with Crippen LogP contribution in [0.4, 0.5) is 0 Å². The standard InChI is InChI=1S/C22H27N5O4S2/c1-15(16-7-11-19(12-8-16)33(29,30)26(2)3)23-20(28)13-14-27-21(24-25-22(27)32)17-5-9-18(31-4)10-6-17/h5-12,15H,13-14H2,1-4H3,(H,23,28)(H,25,32). The maximum absolute atomic E-state index is 12.6. The molecule has 3 rings (SSSR count). The van der Waals surface area contributed by atoms with Crippen molar-refractivity contribution in [2.75, 3.05) is 21.2 Å². The van der Waals surface area contributed by atoms with Crippen molar-refractivity contribution in [3.8, 4) is 17.1 Å². The molecule has 0 radical (unpaired) electrons. The number of nitrogens with zero attached hydrogens (tertiary/aromatic N) is 3. The third kappa shape index (κ3) is 5.67. The minimum absolute atomic E-state index is 0.156. The number of carbonyl (C=O) groups excluding carboxylic acids is 1. The van der Waals surface area contributed by atoms with Crippen molar-refractivity contribution in [3.05, 3.63) is 58.9 Å². The topological polar surface area (TPSA) is 109 Å². The fraction of sp³-hybridized carbons (Fsp3) is 0.318. The summed E-state index contributed by atoms with van der Waals surface area (Å²) in [6.45, 7) is 2.20. The van der Waals surface area contributed by atoms with E-state index in [1.54, 1.807) is 35.9 Å². The van der Waals surface area contributed by atoms with Crippen molar-refractivity contribution in [2.24, 2.45) is 0 Å². The number of aromatic nitrogens is 3. The number of amides is 1. The third-order valence-electron chi connectivity index (χ3n) is 5.21. The number of aromatic amines is 1. The Balaban J connectivity index is 1.64.